The molecule has 1 saturated heterocycles. The first-order valence-electron chi connectivity index (χ1n) is 15.1. The minimum Gasteiger partial charge on any atom is -0.386 e. The molecule has 2 aromatic heterocycles. The number of aliphatic hydroxyl groups excluding tert-OH is 2. The molecule has 1 aliphatic heterocycles. The first-order valence-corrected chi connectivity index (χ1v) is 20.7. The van der Waals surface area contributed by atoms with Crippen molar-refractivity contribution in [2.75, 3.05) is 43.5 Å². The molecule has 7 atom stereocenters. The first kappa shape index (κ1) is 43.9. The fourth-order valence-electron chi connectivity index (χ4n) is 4.44. The standard InChI is InChI=1S/C25H40N7O16P3S/c1-4-5-9-52-10-8-27-16(33)6-7-28-23(36)20(35)25(2,3)12-45-51(42,43)48-50(40,41)44-11-15-19(47-49(37,38)39)18(34)24(46-15)32-14-31-17-21(26)29-13-30-22(17)32/h1,13-15,18-20,24,34-35H,5-12H2,2-3H3,(H,27,33)(H,28,36)(H,40,41)(H,42,43)(H2,26,29,30)(H2,37,38,39)/t15-,18-,19-,20+,24-/m1/s1. The number of amides is 2. The molecule has 2 amide bonds. The molecule has 0 bridgehead atoms. The molecule has 2 aromatic rings. The molecule has 0 saturated carbocycles. The van der Waals surface area contributed by atoms with E-state index in [1.807, 2.05) is 0 Å². The molecule has 0 spiro atoms. The first-order chi connectivity index (χ1) is 24.2. The zero-order valence-electron chi connectivity index (χ0n) is 27.7. The van der Waals surface area contributed by atoms with Crippen LogP contribution in [0.4, 0.5) is 5.82 Å². The van der Waals surface area contributed by atoms with Crippen LogP contribution in [0.15, 0.2) is 12.7 Å². The third-order valence-corrected chi connectivity index (χ3v) is 11.1. The number of aliphatic hydroxyl groups is 2. The number of hydrogen-bond donors (Lipinski definition) is 9. The Labute approximate surface area is 300 Å². The SMILES string of the molecule is C#CCCSCCNC(=O)CCNC(=O)[C@H](O)C(C)(C)COP(=O)(O)OP(=O)(O)OC[C@H]1O[C@@H](n2cnc3c(N)ncnc32)[C@H](O)[C@@H]1OP(=O)(O)O. The third kappa shape index (κ3) is 13.1. The number of anilines is 1. The topological polar surface area (TPSA) is 347 Å². The van der Waals surface area contributed by atoms with Crippen LogP contribution in [-0.4, -0.2) is 123 Å². The number of terminal acetylenes is 1. The highest BCUT2D eigenvalue weighted by molar-refractivity contribution is 7.99. The zero-order chi connectivity index (χ0) is 38.9. The summed E-state index contributed by atoms with van der Waals surface area (Å²) in [6.07, 6.45) is -0.981. The molecule has 10 N–H and O–H groups in total. The minimum absolute atomic E-state index is 0.0362. The van der Waals surface area contributed by atoms with E-state index in [0.29, 0.717) is 18.7 Å². The molecular weight excluding hydrogens is 779 g/mol. The molecule has 1 aliphatic rings. The Morgan fingerprint density at radius 2 is 1.81 bits per heavy atom. The van der Waals surface area contributed by atoms with Gasteiger partial charge >= 0.3 is 23.5 Å². The lowest BCUT2D eigenvalue weighted by atomic mass is 9.87. The van der Waals surface area contributed by atoms with Crippen LogP contribution in [0.25, 0.3) is 11.2 Å². The van der Waals surface area contributed by atoms with E-state index in [4.69, 9.17) is 25.9 Å². The van der Waals surface area contributed by atoms with Crippen molar-refractivity contribution < 1.29 is 75.7 Å². The van der Waals surface area contributed by atoms with Gasteiger partial charge in [0, 0.05) is 42.9 Å². The zero-order valence-corrected chi connectivity index (χ0v) is 31.2. The number of nitrogen functional groups attached to an aromatic ring is 1. The molecule has 0 aromatic carbocycles. The molecule has 2 unspecified atom stereocenters. The second-order valence-corrected chi connectivity index (χ2v) is 17.1. The number of carbonyl (C=O) groups excluding carboxylic acids is 2. The lowest BCUT2D eigenvalue weighted by molar-refractivity contribution is -0.137. The molecule has 52 heavy (non-hydrogen) atoms. The summed E-state index contributed by atoms with van der Waals surface area (Å²) in [5, 5.41) is 26.4. The summed E-state index contributed by atoms with van der Waals surface area (Å²) in [5.74, 6) is 2.58. The van der Waals surface area contributed by atoms with Crippen molar-refractivity contribution in [3.63, 3.8) is 0 Å². The van der Waals surface area contributed by atoms with Gasteiger partial charge < -0.3 is 50.9 Å². The van der Waals surface area contributed by atoms with Crippen molar-refractivity contribution in [1.82, 2.24) is 30.2 Å². The second kappa shape index (κ2) is 18.7. The minimum atomic E-state index is -5.55. The van der Waals surface area contributed by atoms with Gasteiger partial charge in [-0.15, -0.1) is 12.3 Å². The summed E-state index contributed by atoms with van der Waals surface area (Å²) in [5.41, 5.74) is 4.30. The monoisotopic (exact) mass is 819 g/mol. The average molecular weight is 820 g/mol. The Bertz CT molecular complexity index is 1740. The van der Waals surface area contributed by atoms with Crippen LogP contribution in [0.1, 0.15) is 32.9 Å². The van der Waals surface area contributed by atoms with E-state index >= 15 is 0 Å². The Morgan fingerprint density at radius 1 is 1.12 bits per heavy atom. The van der Waals surface area contributed by atoms with Gasteiger partial charge in [-0.05, 0) is 0 Å². The number of nitrogens with two attached hydrogens (primary N) is 1. The Morgan fingerprint density at radius 3 is 2.48 bits per heavy atom. The van der Waals surface area contributed by atoms with Crippen LogP contribution in [0, 0.1) is 17.8 Å². The second-order valence-electron chi connectivity index (χ2n) is 11.6. The highest BCUT2D eigenvalue weighted by Gasteiger charge is 2.50. The van der Waals surface area contributed by atoms with Crippen LogP contribution < -0.4 is 16.4 Å². The van der Waals surface area contributed by atoms with Gasteiger partial charge in [-0.1, -0.05) is 13.8 Å². The quantitative estimate of drug-likeness (QED) is 0.0421. The number of rotatable bonds is 21. The van der Waals surface area contributed by atoms with E-state index in [2.05, 4.69) is 40.3 Å². The maximum Gasteiger partial charge on any atom is 0.481 e. The molecular formula is C25H40N7O16P3S. The lowest BCUT2D eigenvalue weighted by Crippen LogP contribution is -2.46. The number of phosphoric ester groups is 3. The molecule has 3 heterocycles. The summed E-state index contributed by atoms with van der Waals surface area (Å²) in [4.78, 5) is 75.2. The van der Waals surface area contributed by atoms with Crippen LogP contribution in [0.2, 0.25) is 0 Å². The maximum absolute atomic E-state index is 12.6. The average Bonchev–Trinajstić information content (AvgIpc) is 3.60. The fraction of sp³-hybridized carbons (Fsp3) is 0.640. The Hall–Kier alpha value is -2.55. The molecule has 0 radical (unpaired) electrons. The summed E-state index contributed by atoms with van der Waals surface area (Å²) < 4.78 is 62.0. The van der Waals surface area contributed by atoms with Crippen LogP contribution in [0.3, 0.4) is 0 Å². The normalized spacial score (nSPS) is 22.3. The van der Waals surface area contributed by atoms with Crippen molar-refractivity contribution in [2.24, 2.45) is 5.41 Å². The molecule has 0 aliphatic carbocycles. The number of thioether (sulfide) groups is 1. The predicted octanol–water partition coefficient (Wildman–Crippen LogP) is -0.839. The number of nitrogens with one attached hydrogen (secondary N) is 2. The van der Waals surface area contributed by atoms with Crippen LogP contribution in [-0.2, 0) is 45.9 Å². The molecule has 292 valence electrons. The Balaban J connectivity index is 1.53. The van der Waals surface area contributed by atoms with E-state index in [1.54, 1.807) is 11.8 Å². The van der Waals surface area contributed by atoms with Gasteiger partial charge in [0.1, 0.15) is 36.3 Å². The van der Waals surface area contributed by atoms with Gasteiger partial charge in [-0.3, -0.25) is 27.7 Å². The van der Waals surface area contributed by atoms with Crippen molar-refractivity contribution in [1.29, 1.82) is 0 Å². The number of carbonyl (C=O) groups is 2. The maximum atomic E-state index is 12.6. The molecule has 23 nitrogen and oxygen atoms in total. The number of hydrogen-bond acceptors (Lipinski definition) is 17. The number of imidazole rings is 1. The highest BCUT2D eigenvalue weighted by atomic mass is 32.2. The van der Waals surface area contributed by atoms with E-state index in [1.165, 1.54) is 13.8 Å². The third-order valence-electron chi connectivity index (χ3n) is 7.04. The smallest absolute Gasteiger partial charge is 0.386 e. The summed E-state index contributed by atoms with van der Waals surface area (Å²) in [7, 11) is -16.3. The van der Waals surface area contributed by atoms with Crippen molar-refractivity contribution in [3.8, 4) is 12.3 Å². The van der Waals surface area contributed by atoms with Crippen molar-refractivity contribution >= 4 is 64.0 Å². The Kier molecular flexibility index (Phi) is 15.7. The molecule has 1 fully saturated rings. The van der Waals surface area contributed by atoms with Crippen molar-refractivity contribution in [3.05, 3.63) is 12.7 Å². The number of phosphoric acid groups is 3. The van der Waals surface area contributed by atoms with Crippen LogP contribution >= 0.6 is 35.2 Å². The van der Waals surface area contributed by atoms with Crippen LogP contribution in [0.5, 0.6) is 0 Å². The van der Waals surface area contributed by atoms with Crippen molar-refractivity contribution in [2.45, 2.75) is 57.3 Å². The van der Waals surface area contributed by atoms with E-state index in [-0.39, 0.29) is 35.9 Å². The largest absolute Gasteiger partial charge is 0.481 e. The van der Waals surface area contributed by atoms with E-state index in [9.17, 15) is 53.1 Å². The van der Waals surface area contributed by atoms with Gasteiger partial charge in [0.05, 0.1) is 19.5 Å². The number of ether oxygens (including phenoxy) is 1. The molecule has 3 rings (SSSR count). The number of nitrogens with zero attached hydrogens (tertiary/aromatic N) is 4. The summed E-state index contributed by atoms with van der Waals surface area (Å²) in [6, 6.07) is 0. The fourth-order valence-corrected chi connectivity index (χ4v) is 7.98. The van der Waals surface area contributed by atoms with Gasteiger partial charge in [0.2, 0.25) is 11.8 Å². The predicted molar refractivity (Wildman–Crippen MR) is 180 cm³/mol. The highest BCUT2D eigenvalue weighted by Crippen LogP contribution is 2.61. The summed E-state index contributed by atoms with van der Waals surface area (Å²) >= 11 is 1.57. The lowest BCUT2D eigenvalue weighted by Gasteiger charge is -2.30. The number of fused-ring (bicyclic) bond motifs is 1. The van der Waals surface area contributed by atoms with Gasteiger partial charge in [-0.2, -0.15) is 16.1 Å². The van der Waals surface area contributed by atoms with Gasteiger partial charge in [0.25, 0.3) is 0 Å². The van der Waals surface area contributed by atoms with E-state index in [0.717, 1.165) is 23.0 Å². The summed E-state index contributed by atoms with van der Waals surface area (Å²) in [6.45, 7) is 0.799. The van der Waals surface area contributed by atoms with Gasteiger partial charge in [-0.25, -0.2) is 28.6 Å². The molecule has 27 heteroatoms. The number of aromatic nitrogens is 4. The van der Waals surface area contributed by atoms with Gasteiger partial charge in [0.15, 0.2) is 17.7 Å². The van der Waals surface area contributed by atoms with E-state index < -0.39 is 78.6 Å².